The molecule has 0 saturated heterocycles. The number of amides is 1. The predicted octanol–water partition coefficient (Wildman–Crippen LogP) is 1.13. The van der Waals surface area contributed by atoms with E-state index in [1.807, 2.05) is 0 Å². The number of hydrogen-bond acceptors (Lipinski definition) is 4. The van der Waals surface area contributed by atoms with Crippen LogP contribution in [-0.4, -0.2) is 44.4 Å². The molecule has 0 aliphatic carbocycles. The second kappa shape index (κ2) is 8.00. The van der Waals surface area contributed by atoms with Crippen LogP contribution >= 0.6 is 11.6 Å². The fourth-order valence-electron chi connectivity index (χ4n) is 1.12. The SMILES string of the molecule is COCCOCCNC(=O)c1cnccc1Cl. The van der Waals surface area contributed by atoms with Crippen LogP contribution < -0.4 is 5.32 Å². The van der Waals surface area contributed by atoms with Gasteiger partial charge in [0.05, 0.1) is 30.4 Å². The van der Waals surface area contributed by atoms with Crippen LogP contribution in [0.2, 0.25) is 5.02 Å². The minimum atomic E-state index is -0.251. The van der Waals surface area contributed by atoms with Crippen molar-refractivity contribution in [1.82, 2.24) is 10.3 Å². The Morgan fingerprint density at radius 1 is 1.47 bits per heavy atom. The molecule has 0 saturated carbocycles. The second-order valence-electron chi connectivity index (χ2n) is 3.22. The van der Waals surface area contributed by atoms with Crippen LogP contribution in [0.25, 0.3) is 0 Å². The highest BCUT2D eigenvalue weighted by Crippen LogP contribution is 2.12. The minimum Gasteiger partial charge on any atom is -0.382 e. The fourth-order valence-corrected chi connectivity index (χ4v) is 1.31. The quantitative estimate of drug-likeness (QED) is 0.745. The summed E-state index contributed by atoms with van der Waals surface area (Å²) in [5.41, 5.74) is 0.367. The average Bonchev–Trinajstić information content (AvgIpc) is 2.34. The normalized spacial score (nSPS) is 10.2. The predicted molar refractivity (Wildman–Crippen MR) is 64.3 cm³/mol. The molecule has 0 radical (unpaired) electrons. The Morgan fingerprint density at radius 3 is 3.00 bits per heavy atom. The Hall–Kier alpha value is -1.17. The van der Waals surface area contributed by atoms with E-state index in [-0.39, 0.29) is 5.91 Å². The molecule has 0 unspecified atom stereocenters. The van der Waals surface area contributed by atoms with Crippen molar-refractivity contribution in [2.24, 2.45) is 0 Å². The summed E-state index contributed by atoms with van der Waals surface area (Å²) in [5, 5.41) is 3.07. The molecule has 1 amide bonds. The number of hydrogen-bond donors (Lipinski definition) is 1. The highest BCUT2D eigenvalue weighted by Gasteiger charge is 2.08. The molecule has 94 valence electrons. The van der Waals surface area contributed by atoms with Gasteiger partial charge in [-0.25, -0.2) is 0 Å². The van der Waals surface area contributed by atoms with Crippen molar-refractivity contribution in [3.63, 3.8) is 0 Å². The number of rotatable bonds is 7. The summed E-state index contributed by atoms with van der Waals surface area (Å²) >= 11 is 5.85. The van der Waals surface area contributed by atoms with Gasteiger partial charge in [0.2, 0.25) is 0 Å². The number of aromatic nitrogens is 1. The number of nitrogens with one attached hydrogen (secondary N) is 1. The number of nitrogens with zero attached hydrogens (tertiary/aromatic N) is 1. The standard InChI is InChI=1S/C11H15ClN2O3/c1-16-6-7-17-5-4-14-11(15)9-8-13-3-2-10(9)12/h2-3,8H,4-7H2,1H3,(H,14,15). The Kier molecular flexibility index (Phi) is 6.54. The van der Waals surface area contributed by atoms with Gasteiger partial charge >= 0.3 is 0 Å². The summed E-state index contributed by atoms with van der Waals surface area (Å²) in [7, 11) is 1.61. The average molecular weight is 259 g/mol. The van der Waals surface area contributed by atoms with Gasteiger partial charge in [-0.1, -0.05) is 11.6 Å². The van der Waals surface area contributed by atoms with Crippen LogP contribution in [-0.2, 0) is 9.47 Å². The molecule has 0 aliphatic heterocycles. The molecule has 0 aliphatic rings. The monoisotopic (exact) mass is 258 g/mol. The van der Waals surface area contributed by atoms with Crippen molar-refractivity contribution < 1.29 is 14.3 Å². The van der Waals surface area contributed by atoms with Crippen LogP contribution in [0.1, 0.15) is 10.4 Å². The number of pyridine rings is 1. The molecule has 0 spiro atoms. The first-order valence-corrected chi connectivity index (χ1v) is 5.58. The molecule has 1 aromatic heterocycles. The van der Waals surface area contributed by atoms with E-state index in [0.29, 0.717) is 37.0 Å². The van der Waals surface area contributed by atoms with Crippen LogP contribution in [0.3, 0.4) is 0 Å². The highest BCUT2D eigenvalue weighted by atomic mass is 35.5. The summed E-state index contributed by atoms with van der Waals surface area (Å²) in [6.45, 7) is 1.92. The first-order valence-electron chi connectivity index (χ1n) is 5.20. The number of carbonyl (C=O) groups excluding carboxylic acids is 1. The lowest BCUT2D eigenvalue weighted by atomic mass is 10.2. The van der Waals surface area contributed by atoms with Crippen LogP contribution in [0.4, 0.5) is 0 Å². The van der Waals surface area contributed by atoms with Crippen molar-refractivity contribution in [1.29, 1.82) is 0 Å². The zero-order chi connectivity index (χ0) is 12.5. The van der Waals surface area contributed by atoms with E-state index in [9.17, 15) is 4.79 Å². The number of methoxy groups -OCH3 is 1. The first-order chi connectivity index (χ1) is 8.25. The minimum absolute atomic E-state index is 0.251. The smallest absolute Gasteiger partial charge is 0.254 e. The van der Waals surface area contributed by atoms with Crippen molar-refractivity contribution in [3.8, 4) is 0 Å². The molecule has 0 atom stereocenters. The summed E-state index contributed by atoms with van der Waals surface area (Å²) in [6.07, 6.45) is 2.97. The van der Waals surface area contributed by atoms with E-state index < -0.39 is 0 Å². The van der Waals surface area contributed by atoms with Crippen molar-refractivity contribution in [2.45, 2.75) is 0 Å². The molecular formula is C11H15ClN2O3. The van der Waals surface area contributed by atoms with Gasteiger partial charge in [0.1, 0.15) is 0 Å². The molecule has 0 aromatic carbocycles. The van der Waals surface area contributed by atoms with E-state index in [4.69, 9.17) is 21.1 Å². The van der Waals surface area contributed by atoms with Crippen molar-refractivity contribution in [3.05, 3.63) is 29.0 Å². The Balaban J connectivity index is 2.24. The highest BCUT2D eigenvalue weighted by molar-refractivity contribution is 6.33. The zero-order valence-electron chi connectivity index (χ0n) is 9.61. The summed E-state index contributed by atoms with van der Waals surface area (Å²) in [4.78, 5) is 15.5. The largest absolute Gasteiger partial charge is 0.382 e. The third kappa shape index (κ3) is 5.12. The Morgan fingerprint density at radius 2 is 2.29 bits per heavy atom. The third-order valence-corrected chi connectivity index (χ3v) is 2.31. The lowest BCUT2D eigenvalue weighted by molar-refractivity contribution is 0.0692. The van der Waals surface area contributed by atoms with Crippen LogP contribution in [0.15, 0.2) is 18.5 Å². The van der Waals surface area contributed by atoms with Gasteiger partial charge in [-0.05, 0) is 6.07 Å². The second-order valence-corrected chi connectivity index (χ2v) is 3.62. The molecule has 17 heavy (non-hydrogen) atoms. The molecule has 5 nitrogen and oxygen atoms in total. The maximum Gasteiger partial charge on any atom is 0.254 e. The lowest BCUT2D eigenvalue weighted by Gasteiger charge is -2.06. The number of halogens is 1. The van der Waals surface area contributed by atoms with Gasteiger partial charge in [0.15, 0.2) is 0 Å². The lowest BCUT2D eigenvalue weighted by Crippen LogP contribution is -2.28. The first kappa shape index (κ1) is 13.9. The summed E-state index contributed by atoms with van der Waals surface area (Å²) < 4.78 is 10.0. The summed E-state index contributed by atoms with van der Waals surface area (Å²) in [5.74, 6) is -0.251. The van der Waals surface area contributed by atoms with E-state index in [1.165, 1.54) is 12.4 Å². The van der Waals surface area contributed by atoms with Crippen molar-refractivity contribution in [2.75, 3.05) is 33.5 Å². The maximum absolute atomic E-state index is 11.6. The summed E-state index contributed by atoms with van der Waals surface area (Å²) in [6, 6.07) is 1.57. The fraction of sp³-hybridized carbons (Fsp3) is 0.455. The van der Waals surface area contributed by atoms with E-state index >= 15 is 0 Å². The third-order valence-electron chi connectivity index (χ3n) is 1.98. The maximum atomic E-state index is 11.6. The molecule has 1 aromatic rings. The number of ether oxygens (including phenoxy) is 2. The Bertz CT molecular complexity index is 360. The van der Waals surface area contributed by atoms with Gasteiger partial charge in [-0.2, -0.15) is 0 Å². The molecule has 1 heterocycles. The Labute approximate surface area is 105 Å². The molecule has 0 bridgehead atoms. The molecule has 1 rings (SSSR count). The molecular weight excluding hydrogens is 244 g/mol. The zero-order valence-corrected chi connectivity index (χ0v) is 10.4. The molecule has 0 fully saturated rings. The van der Waals surface area contributed by atoms with Gasteiger partial charge in [-0.3, -0.25) is 9.78 Å². The van der Waals surface area contributed by atoms with Crippen LogP contribution in [0.5, 0.6) is 0 Å². The van der Waals surface area contributed by atoms with Gasteiger partial charge < -0.3 is 14.8 Å². The van der Waals surface area contributed by atoms with E-state index in [1.54, 1.807) is 13.2 Å². The van der Waals surface area contributed by atoms with E-state index in [0.717, 1.165) is 0 Å². The molecule has 1 N–H and O–H groups in total. The van der Waals surface area contributed by atoms with Gasteiger partial charge in [-0.15, -0.1) is 0 Å². The van der Waals surface area contributed by atoms with Crippen molar-refractivity contribution >= 4 is 17.5 Å². The molecule has 6 heteroatoms. The van der Waals surface area contributed by atoms with E-state index in [2.05, 4.69) is 10.3 Å². The number of carbonyl (C=O) groups is 1. The van der Waals surface area contributed by atoms with Gasteiger partial charge in [0, 0.05) is 26.0 Å². The topological polar surface area (TPSA) is 60.5 Å². The van der Waals surface area contributed by atoms with Crippen LogP contribution in [0, 0.1) is 0 Å². The van der Waals surface area contributed by atoms with Gasteiger partial charge in [0.25, 0.3) is 5.91 Å².